The van der Waals surface area contributed by atoms with Crippen LogP contribution < -0.4 is 5.32 Å². The molecule has 0 radical (unpaired) electrons. The molecule has 6 heteroatoms. The summed E-state index contributed by atoms with van der Waals surface area (Å²) in [7, 11) is 0. The molecule has 98 valence electrons. The van der Waals surface area contributed by atoms with E-state index >= 15 is 0 Å². The number of hydrogen-bond donors (Lipinski definition) is 2. The van der Waals surface area contributed by atoms with E-state index in [2.05, 4.69) is 21.2 Å². The van der Waals surface area contributed by atoms with Gasteiger partial charge in [0.05, 0.1) is 4.87 Å². The number of aliphatic carboxylic acids is 1. The molecule has 1 saturated heterocycles. The summed E-state index contributed by atoms with van der Waals surface area (Å²) < 4.78 is 14.6. The number of carboxylic acids is 1. The lowest BCUT2D eigenvalue weighted by molar-refractivity contribution is -0.140. The predicted octanol–water partition coefficient (Wildman–Crippen LogP) is 2.94. The molecule has 1 aromatic rings. The standard InChI is InChI=1S/C12H13BrFNO2S/c1-12(8-3-2-7(13)6-9(8)14)15-10(11(16)17)4-5-18-12/h2-3,6,10,15H,4-5H2,1H3,(H,16,17). The van der Waals surface area contributed by atoms with E-state index in [0.717, 1.165) is 0 Å². The third kappa shape index (κ3) is 2.70. The van der Waals surface area contributed by atoms with Crippen molar-refractivity contribution in [3.63, 3.8) is 0 Å². The van der Waals surface area contributed by atoms with Crippen LogP contribution in [0.2, 0.25) is 0 Å². The number of benzene rings is 1. The molecule has 2 unspecified atom stereocenters. The van der Waals surface area contributed by atoms with Crippen LogP contribution in [-0.2, 0) is 9.67 Å². The normalized spacial score (nSPS) is 28.1. The van der Waals surface area contributed by atoms with Crippen molar-refractivity contribution in [2.24, 2.45) is 0 Å². The maximum absolute atomic E-state index is 14.0. The van der Waals surface area contributed by atoms with Crippen LogP contribution in [0.3, 0.4) is 0 Å². The molecule has 1 aromatic carbocycles. The average Bonchev–Trinajstić information content (AvgIpc) is 2.28. The van der Waals surface area contributed by atoms with Gasteiger partial charge in [0.15, 0.2) is 0 Å². The molecule has 0 saturated carbocycles. The van der Waals surface area contributed by atoms with E-state index in [1.165, 1.54) is 17.8 Å². The van der Waals surface area contributed by atoms with Crippen molar-refractivity contribution < 1.29 is 14.3 Å². The highest BCUT2D eigenvalue weighted by atomic mass is 79.9. The Labute approximate surface area is 117 Å². The minimum Gasteiger partial charge on any atom is -0.480 e. The van der Waals surface area contributed by atoms with Crippen LogP contribution in [0.4, 0.5) is 4.39 Å². The number of halogens is 2. The van der Waals surface area contributed by atoms with Crippen LogP contribution in [-0.4, -0.2) is 22.9 Å². The second-order valence-electron chi connectivity index (χ2n) is 4.33. The topological polar surface area (TPSA) is 49.3 Å². The lowest BCUT2D eigenvalue weighted by Crippen LogP contribution is -2.51. The van der Waals surface area contributed by atoms with Crippen molar-refractivity contribution in [3.8, 4) is 0 Å². The van der Waals surface area contributed by atoms with Gasteiger partial charge in [-0.3, -0.25) is 10.1 Å². The van der Waals surface area contributed by atoms with Gasteiger partial charge in [-0.1, -0.05) is 22.0 Å². The van der Waals surface area contributed by atoms with Crippen LogP contribution in [0.15, 0.2) is 22.7 Å². The highest BCUT2D eigenvalue weighted by Crippen LogP contribution is 2.39. The van der Waals surface area contributed by atoms with Crippen molar-refractivity contribution in [2.75, 3.05) is 5.75 Å². The van der Waals surface area contributed by atoms with Crippen molar-refractivity contribution >= 4 is 33.7 Å². The second kappa shape index (κ2) is 5.19. The van der Waals surface area contributed by atoms with E-state index in [9.17, 15) is 9.18 Å². The first-order valence-corrected chi connectivity index (χ1v) is 7.30. The fraction of sp³-hybridized carbons (Fsp3) is 0.417. The van der Waals surface area contributed by atoms with Crippen molar-refractivity contribution in [1.29, 1.82) is 0 Å². The molecule has 0 amide bonds. The number of nitrogens with one attached hydrogen (secondary N) is 1. The molecule has 0 aliphatic carbocycles. The van der Waals surface area contributed by atoms with Gasteiger partial charge in [0.1, 0.15) is 11.9 Å². The first kappa shape index (κ1) is 13.8. The van der Waals surface area contributed by atoms with Gasteiger partial charge < -0.3 is 5.11 Å². The Morgan fingerprint density at radius 2 is 2.39 bits per heavy atom. The molecular weight excluding hydrogens is 321 g/mol. The first-order valence-electron chi connectivity index (χ1n) is 5.52. The van der Waals surface area contributed by atoms with Gasteiger partial charge in [0.25, 0.3) is 0 Å². The number of thioether (sulfide) groups is 1. The fourth-order valence-corrected chi connectivity index (χ4v) is 3.69. The first-order chi connectivity index (χ1) is 8.42. The van der Waals surface area contributed by atoms with E-state index in [1.807, 2.05) is 6.92 Å². The van der Waals surface area contributed by atoms with Crippen LogP contribution in [0.5, 0.6) is 0 Å². The summed E-state index contributed by atoms with van der Waals surface area (Å²) >= 11 is 4.74. The third-order valence-electron chi connectivity index (χ3n) is 2.99. The summed E-state index contributed by atoms with van der Waals surface area (Å²) in [5.74, 6) is -0.535. The lowest BCUT2D eigenvalue weighted by atomic mass is 10.0. The molecule has 0 bridgehead atoms. The summed E-state index contributed by atoms with van der Waals surface area (Å²) in [6.45, 7) is 1.82. The Bertz CT molecular complexity index is 485. The number of rotatable bonds is 2. The Morgan fingerprint density at radius 1 is 1.67 bits per heavy atom. The van der Waals surface area contributed by atoms with Crippen LogP contribution in [0.25, 0.3) is 0 Å². The number of carboxylic acid groups (broad SMARTS) is 1. The Balaban J connectivity index is 2.32. The third-order valence-corrected chi connectivity index (χ3v) is 4.84. The SMILES string of the molecule is CC1(c2ccc(Br)cc2F)NC(C(=O)O)CCS1. The maximum Gasteiger partial charge on any atom is 0.320 e. The zero-order valence-electron chi connectivity index (χ0n) is 9.74. The van der Waals surface area contributed by atoms with E-state index < -0.39 is 16.9 Å². The van der Waals surface area contributed by atoms with E-state index in [0.29, 0.717) is 22.2 Å². The van der Waals surface area contributed by atoms with Gasteiger partial charge in [0, 0.05) is 10.0 Å². The average molecular weight is 334 g/mol. The molecule has 1 aliphatic heterocycles. The fourth-order valence-electron chi connectivity index (χ4n) is 2.04. The Kier molecular flexibility index (Phi) is 3.99. The minimum atomic E-state index is -0.890. The minimum absolute atomic E-state index is 0.335. The van der Waals surface area contributed by atoms with Crippen LogP contribution in [0.1, 0.15) is 18.9 Å². The summed E-state index contributed by atoms with van der Waals surface area (Å²) in [4.78, 5) is 10.3. The quantitative estimate of drug-likeness (QED) is 0.873. The highest BCUT2D eigenvalue weighted by Gasteiger charge is 2.38. The van der Waals surface area contributed by atoms with E-state index in [4.69, 9.17) is 5.11 Å². The summed E-state index contributed by atoms with van der Waals surface area (Å²) in [6.07, 6.45) is 0.549. The predicted molar refractivity (Wildman–Crippen MR) is 73.1 cm³/mol. The largest absolute Gasteiger partial charge is 0.480 e. The molecule has 2 rings (SSSR count). The van der Waals surface area contributed by atoms with Gasteiger partial charge >= 0.3 is 5.97 Å². The molecular formula is C12H13BrFNO2S. The van der Waals surface area contributed by atoms with Gasteiger partial charge in [-0.25, -0.2) is 4.39 Å². The summed E-state index contributed by atoms with van der Waals surface area (Å²) in [6, 6.07) is 4.21. The van der Waals surface area contributed by atoms with Crippen molar-refractivity contribution in [3.05, 3.63) is 34.1 Å². The van der Waals surface area contributed by atoms with Gasteiger partial charge in [0.2, 0.25) is 0 Å². The van der Waals surface area contributed by atoms with Crippen molar-refractivity contribution in [2.45, 2.75) is 24.3 Å². The van der Waals surface area contributed by atoms with Crippen LogP contribution in [0, 0.1) is 5.82 Å². The Hall–Kier alpha value is -0.590. The summed E-state index contributed by atoms with van der Waals surface area (Å²) in [5, 5.41) is 12.1. The highest BCUT2D eigenvalue weighted by molar-refractivity contribution is 9.10. The molecule has 3 nitrogen and oxygen atoms in total. The summed E-state index contributed by atoms with van der Waals surface area (Å²) in [5.41, 5.74) is 0.488. The molecule has 1 fully saturated rings. The number of carbonyl (C=O) groups is 1. The molecule has 0 aromatic heterocycles. The van der Waals surface area contributed by atoms with Crippen LogP contribution >= 0.6 is 27.7 Å². The Morgan fingerprint density at radius 3 is 3.00 bits per heavy atom. The zero-order chi connectivity index (χ0) is 13.3. The molecule has 1 heterocycles. The van der Waals surface area contributed by atoms with Gasteiger partial charge in [-0.2, -0.15) is 0 Å². The van der Waals surface area contributed by atoms with E-state index in [1.54, 1.807) is 12.1 Å². The lowest BCUT2D eigenvalue weighted by Gasteiger charge is -2.38. The van der Waals surface area contributed by atoms with Gasteiger partial charge in [-0.15, -0.1) is 11.8 Å². The smallest absolute Gasteiger partial charge is 0.320 e. The van der Waals surface area contributed by atoms with Crippen molar-refractivity contribution in [1.82, 2.24) is 5.32 Å². The zero-order valence-corrected chi connectivity index (χ0v) is 12.1. The van der Waals surface area contributed by atoms with E-state index in [-0.39, 0.29) is 5.82 Å². The molecule has 0 spiro atoms. The monoisotopic (exact) mass is 333 g/mol. The molecule has 1 aliphatic rings. The molecule has 18 heavy (non-hydrogen) atoms. The second-order valence-corrected chi connectivity index (χ2v) is 6.76. The van der Waals surface area contributed by atoms with Gasteiger partial charge in [-0.05, 0) is 31.2 Å². The molecule has 2 N–H and O–H groups in total. The molecule has 2 atom stereocenters. The maximum atomic E-state index is 14.0. The number of hydrogen-bond acceptors (Lipinski definition) is 3.